The Hall–Kier alpha value is -1.14. The van der Waals surface area contributed by atoms with Crippen LogP contribution in [0.4, 0.5) is 5.82 Å². The van der Waals surface area contributed by atoms with Gasteiger partial charge in [0.2, 0.25) is 0 Å². The zero-order valence-corrected chi connectivity index (χ0v) is 12.0. The molecule has 1 unspecified atom stereocenters. The number of hydrogen-bond acceptors (Lipinski definition) is 4. The van der Waals surface area contributed by atoms with E-state index >= 15 is 0 Å². The molecule has 0 spiro atoms. The maximum absolute atomic E-state index is 11.1. The van der Waals surface area contributed by atoms with Crippen LogP contribution < -0.4 is 5.32 Å². The maximum Gasteiger partial charge on any atom is 0.339 e. The highest BCUT2D eigenvalue weighted by molar-refractivity contribution is 9.10. The van der Waals surface area contributed by atoms with E-state index in [1.807, 2.05) is 0 Å². The molecule has 0 radical (unpaired) electrons. The highest BCUT2D eigenvalue weighted by Gasteiger charge is 2.15. The first-order valence-electron chi connectivity index (χ1n) is 5.72. The van der Waals surface area contributed by atoms with Crippen molar-refractivity contribution in [2.75, 3.05) is 19.0 Å². The van der Waals surface area contributed by atoms with Crippen molar-refractivity contribution in [3.63, 3.8) is 0 Å². The first kappa shape index (κ1) is 14.9. The van der Waals surface area contributed by atoms with Crippen molar-refractivity contribution in [3.05, 3.63) is 22.3 Å². The fourth-order valence-electron chi connectivity index (χ4n) is 1.66. The van der Waals surface area contributed by atoms with Crippen molar-refractivity contribution < 1.29 is 14.6 Å². The van der Waals surface area contributed by atoms with Crippen molar-refractivity contribution >= 4 is 27.7 Å². The second kappa shape index (κ2) is 7.33. The number of carbonyl (C=O) groups is 1. The Kier molecular flexibility index (Phi) is 6.07. The number of ether oxygens (including phenoxy) is 1. The van der Waals surface area contributed by atoms with Gasteiger partial charge in [0.25, 0.3) is 0 Å². The van der Waals surface area contributed by atoms with Gasteiger partial charge >= 0.3 is 5.97 Å². The quantitative estimate of drug-likeness (QED) is 0.809. The topological polar surface area (TPSA) is 71.5 Å². The highest BCUT2D eigenvalue weighted by atomic mass is 79.9. The number of rotatable bonds is 7. The Labute approximate surface area is 115 Å². The summed E-state index contributed by atoms with van der Waals surface area (Å²) >= 11 is 3.21. The summed E-state index contributed by atoms with van der Waals surface area (Å²) in [5, 5.41) is 12.3. The summed E-state index contributed by atoms with van der Waals surface area (Å²) in [5.41, 5.74) is 0.154. The lowest BCUT2D eigenvalue weighted by atomic mass is 10.1. The van der Waals surface area contributed by atoms with Crippen LogP contribution in [0.2, 0.25) is 0 Å². The van der Waals surface area contributed by atoms with E-state index in [0.29, 0.717) is 16.9 Å². The van der Waals surface area contributed by atoms with Crippen LogP contribution in [0.15, 0.2) is 16.7 Å². The van der Waals surface area contributed by atoms with Crippen LogP contribution in [0, 0.1) is 0 Å². The molecule has 18 heavy (non-hydrogen) atoms. The minimum Gasteiger partial charge on any atom is -0.478 e. The molecule has 1 aromatic heterocycles. The largest absolute Gasteiger partial charge is 0.478 e. The molecule has 6 heteroatoms. The molecule has 0 saturated heterocycles. The number of hydrogen-bond donors (Lipinski definition) is 2. The summed E-state index contributed by atoms with van der Waals surface area (Å²) in [4.78, 5) is 15.2. The van der Waals surface area contributed by atoms with Gasteiger partial charge in [-0.3, -0.25) is 0 Å². The number of pyridine rings is 1. The molecule has 0 amide bonds. The molecule has 0 aromatic carbocycles. The van der Waals surface area contributed by atoms with E-state index in [9.17, 15) is 4.79 Å². The fraction of sp³-hybridized carbons (Fsp3) is 0.500. The number of nitrogens with one attached hydrogen (secondary N) is 1. The second-order valence-electron chi connectivity index (χ2n) is 3.94. The van der Waals surface area contributed by atoms with E-state index in [1.165, 1.54) is 6.07 Å². The van der Waals surface area contributed by atoms with Crippen molar-refractivity contribution in [1.82, 2.24) is 4.98 Å². The second-order valence-corrected chi connectivity index (χ2v) is 4.86. The number of halogens is 1. The van der Waals surface area contributed by atoms with E-state index in [4.69, 9.17) is 9.84 Å². The Bertz CT molecular complexity index is 406. The molecule has 1 aromatic rings. The summed E-state index contributed by atoms with van der Waals surface area (Å²) in [6.07, 6.45) is 3.45. The molecule has 0 aliphatic heterocycles. The monoisotopic (exact) mass is 316 g/mol. The van der Waals surface area contributed by atoms with Gasteiger partial charge < -0.3 is 15.2 Å². The molecular formula is C12H17BrN2O3. The minimum absolute atomic E-state index is 0.0618. The Morgan fingerprint density at radius 3 is 2.94 bits per heavy atom. The molecule has 2 N–H and O–H groups in total. The third-order valence-electron chi connectivity index (χ3n) is 2.43. The molecule has 0 fully saturated rings. The van der Waals surface area contributed by atoms with Gasteiger partial charge in [-0.25, -0.2) is 9.78 Å². The van der Waals surface area contributed by atoms with Crippen LogP contribution in [-0.4, -0.2) is 35.8 Å². The van der Waals surface area contributed by atoms with Gasteiger partial charge in [0.1, 0.15) is 11.4 Å². The number of carboxylic acid groups (broad SMARTS) is 1. The fourth-order valence-corrected chi connectivity index (χ4v) is 1.99. The van der Waals surface area contributed by atoms with Gasteiger partial charge in [-0.1, -0.05) is 13.3 Å². The SMILES string of the molecule is CCCC(COC)Nc1ncc(Br)cc1C(=O)O. The van der Waals surface area contributed by atoms with Crippen LogP contribution in [0.1, 0.15) is 30.1 Å². The highest BCUT2D eigenvalue weighted by Crippen LogP contribution is 2.19. The molecule has 100 valence electrons. The van der Waals surface area contributed by atoms with Crippen molar-refractivity contribution in [2.24, 2.45) is 0 Å². The Balaban J connectivity index is 2.90. The number of aromatic carboxylic acids is 1. The number of carboxylic acids is 1. The zero-order chi connectivity index (χ0) is 13.5. The first-order valence-corrected chi connectivity index (χ1v) is 6.52. The van der Waals surface area contributed by atoms with E-state index in [-0.39, 0.29) is 11.6 Å². The van der Waals surface area contributed by atoms with E-state index < -0.39 is 5.97 Å². The predicted octanol–water partition coefficient (Wildman–Crippen LogP) is 2.77. The Morgan fingerprint density at radius 2 is 2.39 bits per heavy atom. The molecule has 1 atom stereocenters. The molecule has 0 saturated carbocycles. The number of nitrogens with zero attached hydrogens (tertiary/aromatic N) is 1. The lowest BCUT2D eigenvalue weighted by molar-refractivity contribution is 0.0697. The van der Waals surface area contributed by atoms with Crippen LogP contribution in [0.5, 0.6) is 0 Å². The Morgan fingerprint density at radius 1 is 1.67 bits per heavy atom. The number of anilines is 1. The van der Waals surface area contributed by atoms with Gasteiger partial charge in [0.15, 0.2) is 0 Å². The summed E-state index contributed by atoms with van der Waals surface area (Å²) in [5.74, 6) is -0.625. The van der Waals surface area contributed by atoms with Gasteiger partial charge in [-0.2, -0.15) is 0 Å². The zero-order valence-electron chi connectivity index (χ0n) is 10.4. The van der Waals surface area contributed by atoms with Gasteiger partial charge in [0, 0.05) is 17.8 Å². The lowest BCUT2D eigenvalue weighted by Crippen LogP contribution is -2.26. The molecule has 0 aliphatic rings. The van der Waals surface area contributed by atoms with Crippen molar-refractivity contribution in [2.45, 2.75) is 25.8 Å². The molecular weight excluding hydrogens is 300 g/mol. The smallest absolute Gasteiger partial charge is 0.339 e. The molecule has 1 heterocycles. The molecule has 1 rings (SSSR count). The van der Waals surface area contributed by atoms with Crippen molar-refractivity contribution in [3.8, 4) is 0 Å². The maximum atomic E-state index is 11.1. The third-order valence-corrected chi connectivity index (χ3v) is 2.86. The minimum atomic E-state index is -1.00. The summed E-state index contributed by atoms with van der Waals surface area (Å²) in [6.45, 7) is 2.59. The summed E-state index contributed by atoms with van der Waals surface area (Å²) in [7, 11) is 1.62. The van der Waals surface area contributed by atoms with E-state index in [1.54, 1.807) is 13.3 Å². The molecule has 0 aliphatic carbocycles. The third kappa shape index (κ3) is 4.27. The van der Waals surface area contributed by atoms with Crippen LogP contribution >= 0.6 is 15.9 Å². The van der Waals surface area contributed by atoms with Crippen LogP contribution in [0.3, 0.4) is 0 Å². The van der Waals surface area contributed by atoms with Gasteiger partial charge in [-0.15, -0.1) is 0 Å². The summed E-state index contributed by atoms with van der Waals surface area (Å²) in [6, 6.07) is 1.60. The van der Waals surface area contributed by atoms with Gasteiger partial charge in [0.05, 0.1) is 12.6 Å². The average molecular weight is 317 g/mol. The summed E-state index contributed by atoms with van der Waals surface area (Å²) < 4.78 is 5.75. The molecule has 5 nitrogen and oxygen atoms in total. The number of methoxy groups -OCH3 is 1. The van der Waals surface area contributed by atoms with E-state index in [0.717, 1.165) is 12.8 Å². The first-order chi connectivity index (χ1) is 8.58. The predicted molar refractivity (Wildman–Crippen MR) is 73.1 cm³/mol. The van der Waals surface area contributed by atoms with E-state index in [2.05, 4.69) is 33.2 Å². The van der Waals surface area contributed by atoms with Crippen LogP contribution in [-0.2, 0) is 4.74 Å². The lowest BCUT2D eigenvalue weighted by Gasteiger charge is -2.18. The van der Waals surface area contributed by atoms with Crippen molar-refractivity contribution in [1.29, 1.82) is 0 Å². The number of aromatic nitrogens is 1. The average Bonchev–Trinajstić information content (AvgIpc) is 2.32. The van der Waals surface area contributed by atoms with Crippen LogP contribution in [0.25, 0.3) is 0 Å². The van der Waals surface area contributed by atoms with Gasteiger partial charge in [-0.05, 0) is 28.4 Å². The molecule has 0 bridgehead atoms. The standard InChI is InChI=1S/C12H17BrN2O3/c1-3-4-9(7-18-2)15-11-10(12(16)17)5-8(13)6-14-11/h5-6,9H,3-4,7H2,1-2H3,(H,14,15)(H,16,17). The normalized spacial score (nSPS) is 12.2.